The number of unbranched alkanes of at least 4 members (excludes halogenated alkanes) is 2. The lowest BCUT2D eigenvalue weighted by atomic mass is 10.1. The maximum absolute atomic E-state index is 12.4. The first-order valence-electron chi connectivity index (χ1n) is 48.8. The van der Waals surface area contributed by atoms with Crippen molar-refractivity contribution in [2.45, 2.75) is 263 Å². The average molecular weight is 2150 g/mol. The summed E-state index contributed by atoms with van der Waals surface area (Å²) < 4.78 is 119. The number of aromatic nitrogens is 24. The van der Waals surface area contributed by atoms with Gasteiger partial charge >= 0.3 is 10.4 Å². The Labute approximate surface area is 875 Å². The van der Waals surface area contributed by atoms with Gasteiger partial charge in [0.1, 0.15) is 13.5 Å². The summed E-state index contributed by atoms with van der Waals surface area (Å²) in [6, 6.07) is 16.5. The zero-order valence-corrected chi connectivity index (χ0v) is 87.8. The molecule has 2 aromatic carbocycles. The van der Waals surface area contributed by atoms with Crippen LogP contribution in [0.15, 0.2) is 146 Å². The number of aliphatic hydroxyl groups is 4. The molecule has 0 radical (unpaired) electrons. The first-order chi connectivity index (χ1) is 70.7. The summed E-state index contributed by atoms with van der Waals surface area (Å²) >= 11 is 0. The number of hydrogen-bond donors (Lipinski definition) is 13. The van der Waals surface area contributed by atoms with Crippen LogP contribution in [-0.2, 0) is 155 Å². The van der Waals surface area contributed by atoms with E-state index in [9.17, 15) is 30.2 Å². The van der Waals surface area contributed by atoms with E-state index in [1.807, 2.05) is 55.9 Å². The predicted octanol–water partition coefficient (Wildman–Crippen LogP) is 3.21. The van der Waals surface area contributed by atoms with E-state index in [1.165, 1.54) is 0 Å². The minimum atomic E-state index is -4.66. The molecule has 0 fully saturated rings. The lowest BCUT2D eigenvalue weighted by Crippen LogP contribution is -2.47. The molecule has 4 aliphatic heterocycles. The maximum Gasteiger partial charge on any atom is 0.397 e. The molecule has 14 rings (SSSR count). The molecule has 832 valence electrons. The van der Waals surface area contributed by atoms with Crippen molar-refractivity contribution >= 4 is 20.8 Å². The van der Waals surface area contributed by atoms with E-state index < -0.39 is 27.5 Å². The van der Waals surface area contributed by atoms with Crippen molar-refractivity contribution < 1.29 is 73.0 Å². The zero-order valence-electron chi connectivity index (χ0n) is 86.2. The van der Waals surface area contributed by atoms with Crippen LogP contribution in [0.3, 0.4) is 0 Å². The van der Waals surface area contributed by atoms with E-state index in [2.05, 4.69) is 308 Å². The van der Waals surface area contributed by atoms with Crippen LogP contribution in [0.4, 0.5) is 8.78 Å². The number of aliphatic hydroxyl groups excluding tert-OH is 4. The predicted molar refractivity (Wildman–Crippen MR) is 546 cm³/mol. The van der Waals surface area contributed by atoms with Crippen LogP contribution in [0.25, 0.3) is 0 Å². The average Bonchev–Trinajstić information content (AvgIpc) is 1.66. The molecule has 0 unspecified atom stereocenters. The Kier molecular flexibility index (Phi) is 48.3. The Morgan fingerprint density at radius 2 is 0.633 bits per heavy atom. The minimum absolute atomic E-state index is 0. The Morgan fingerprint density at radius 1 is 0.340 bits per heavy atom. The SMILES string of the molecule is C.C.CC(C)(C)N1C=C(CN(Cc2cn(Cc3ccc(CCCCOS(=O)(=O)O)cc3)nn2)Cc2cn(C(C)(C)C)nn2)NN1.CC(C)(C)N1C=C(CN(Cc2cn(Cc3ccc(CCCF)cc3)nn2)Cc2cn(C(C)(C)C)nn2)NN1.O=S(=O)([O-])OCCCCOCn1cc(CN(CC2=CN(CCO)NN2)Cc2cn(CCO)nn2)nn1.OCCN1C=C(CN(Cc2cn(CCO)nn2)Cc2cn(COCCCF)nn2)NN1. The lowest BCUT2D eigenvalue weighted by Gasteiger charge is -2.30. The molecule has 150 heavy (non-hydrogen) atoms. The number of ether oxygens (including phenoxy) is 2. The summed E-state index contributed by atoms with van der Waals surface area (Å²) in [5.41, 5.74) is 39.6. The third kappa shape index (κ3) is 43.7. The van der Waals surface area contributed by atoms with Crippen molar-refractivity contribution in [3.05, 3.63) is 213 Å². The van der Waals surface area contributed by atoms with E-state index in [1.54, 1.807) is 53.5 Å². The van der Waals surface area contributed by atoms with E-state index in [0.717, 1.165) is 104 Å². The number of hydrogen-bond acceptors (Lipinski definition) is 45. The maximum atomic E-state index is 12.4. The number of alkyl halides is 2. The van der Waals surface area contributed by atoms with Gasteiger partial charge in [-0.1, -0.05) is 105 Å². The molecule has 13 N–H and O–H groups in total. The van der Waals surface area contributed by atoms with Gasteiger partial charge < -0.3 is 56.2 Å². The highest BCUT2D eigenvalue weighted by Crippen LogP contribution is 2.24. The molecule has 58 heteroatoms. The van der Waals surface area contributed by atoms with Crippen molar-refractivity contribution in [2.24, 2.45) is 0 Å². The summed E-state index contributed by atoms with van der Waals surface area (Å²) in [6.45, 7) is 35.3. The molecule has 0 aliphatic carbocycles. The van der Waals surface area contributed by atoms with Crippen LogP contribution in [0.2, 0.25) is 0 Å². The summed E-state index contributed by atoms with van der Waals surface area (Å²) in [5, 5.41) is 112. The Morgan fingerprint density at radius 3 is 0.967 bits per heavy atom. The molecule has 8 aromatic heterocycles. The zero-order chi connectivity index (χ0) is 106. The Hall–Kier alpha value is -12.0. The van der Waals surface area contributed by atoms with Crippen LogP contribution < -0.4 is 43.8 Å². The van der Waals surface area contributed by atoms with E-state index in [0.29, 0.717) is 169 Å². The lowest BCUT2D eigenvalue weighted by molar-refractivity contribution is 0.0627. The molecule has 0 atom stereocenters. The van der Waals surface area contributed by atoms with Gasteiger partial charge in [-0.15, -0.1) is 62.9 Å². The second-order valence-corrected chi connectivity index (χ2v) is 41.7. The fraction of sp³-hybridized carbons (Fsp3) is 0.609. The number of hydrazine groups is 8. The first kappa shape index (κ1) is 121. The Bertz CT molecular complexity index is 5970. The second kappa shape index (κ2) is 59.7. The number of aryl methyl sites for hydroxylation is 2. The molecule has 0 saturated carbocycles. The van der Waals surface area contributed by atoms with Crippen LogP contribution in [-0.4, -0.2) is 323 Å². The van der Waals surface area contributed by atoms with Crippen molar-refractivity contribution in [3.8, 4) is 0 Å². The number of rotatable bonds is 58. The molecule has 0 bridgehead atoms. The van der Waals surface area contributed by atoms with Gasteiger partial charge in [-0.3, -0.25) is 57.2 Å². The summed E-state index contributed by atoms with van der Waals surface area (Å²) in [7, 11) is -9.03. The number of nitrogens with zero attached hydrogens (tertiary/aromatic N) is 32. The number of benzene rings is 2. The minimum Gasteiger partial charge on any atom is -0.726 e. The van der Waals surface area contributed by atoms with Gasteiger partial charge in [-0.25, -0.2) is 50.1 Å². The van der Waals surface area contributed by atoms with Gasteiger partial charge in [0.2, 0.25) is 10.4 Å². The first-order valence-corrected chi connectivity index (χ1v) is 51.5. The molecule has 12 heterocycles. The third-order valence-electron chi connectivity index (χ3n) is 22.2. The molecule has 0 saturated heterocycles. The number of halogens is 2. The van der Waals surface area contributed by atoms with Crippen LogP contribution in [0.1, 0.15) is 204 Å². The standard InChI is InChI=1S/C28H44N10O4S.C27H41FN10.C18H32N10O7S.C17H29FN10O3.2CH4/c1-27(2,3)37-20-25(30-33-37)17-35(18-26-21-38(34-31-26)28(4,5)6)16-24-19-36(32-29-24)15-23-12-10-22(11-13-23)9-7-8-14-42-43(39,40)41;1-26(2,3)37-19-24(30-33-37)16-35(17-25-20-38(34-31-25)27(4,5)6)15-23-18-36(32-29-23)14-22-11-9-21(10-12-22)8-7-13-28;29-5-3-26-12-16(19-22-26)9-25(10-17-13-27(4-6-30)23-20-17)11-18-14-28(24-21-18)15-34-7-1-2-8-35-36(31,32)33;18-2-1-7-31-14-28-13-17(21-24-28)10-25(8-15-11-26(3-5-29)22-19-15)9-16-12-27(4-6-30)23-20-16;;/h10-13,19-21,30,33H,7-9,14-18H2,1-6H3,(H,39,40,41);9-12,18-20,30,33H,7-8,13-17H2,1-6H3;12-14,19,22,29-30H,1-11,15H2,(H,31,32,33);11-13,19,22,29-30H,1-10,14H2;2*1H4/p-1. The highest BCUT2D eigenvalue weighted by Gasteiger charge is 2.30. The number of nitrogens with one attached hydrogen (secondary N) is 8. The second-order valence-electron chi connectivity index (χ2n) is 39.6. The number of β-amino-alcohol motifs (C(OH)–C–C–N with tert-alkyl or cyclic N) is 2. The molecule has 0 amide bonds. The topological polar surface area (TPSA) is 597 Å². The molecular weight excluding hydrogens is 1990 g/mol. The quantitative estimate of drug-likeness (QED) is 0.0148. The van der Waals surface area contributed by atoms with Crippen LogP contribution >= 0.6 is 0 Å². The largest absolute Gasteiger partial charge is 0.726 e. The van der Waals surface area contributed by atoms with Crippen LogP contribution in [0.5, 0.6) is 0 Å². The van der Waals surface area contributed by atoms with Crippen molar-refractivity contribution in [1.82, 2.24) is 203 Å². The van der Waals surface area contributed by atoms with Gasteiger partial charge in [-0.05, 0) is 157 Å². The molecule has 4 aliphatic rings. The Balaban J connectivity index is 0.000000222. The summed E-state index contributed by atoms with van der Waals surface area (Å²) in [6.07, 6.45) is 27.7. The van der Waals surface area contributed by atoms with E-state index in [-0.39, 0.29) is 96.8 Å². The van der Waals surface area contributed by atoms with E-state index in [4.69, 9.17) is 34.5 Å². The van der Waals surface area contributed by atoms with Gasteiger partial charge in [0.25, 0.3) is 0 Å². The van der Waals surface area contributed by atoms with Gasteiger partial charge in [0, 0.05) is 133 Å². The molecular formula is C92H153F2N40O14S2-. The van der Waals surface area contributed by atoms with Gasteiger partial charge in [0.05, 0.1) is 215 Å². The smallest absolute Gasteiger partial charge is 0.397 e. The van der Waals surface area contributed by atoms with E-state index >= 15 is 0 Å². The van der Waals surface area contributed by atoms with Crippen molar-refractivity contribution in [1.29, 1.82) is 0 Å². The summed E-state index contributed by atoms with van der Waals surface area (Å²) in [4.78, 5) is 8.72. The fourth-order valence-electron chi connectivity index (χ4n) is 14.8. The monoisotopic (exact) mass is 2140 g/mol. The molecule has 0 spiro atoms. The highest BCUT2D eigenvalue weighted by atomic mass is 32.3. The van der Waals surface area contributed by atoms with Gasteiger partial charge in [0.15, 0.2) is 0 Å². The van der Waals surface area contributed by atoms with Gasteiger partial charge in [-0.2, -0.15) is 8.42 Å². The summed E-state index contributed by atoms with van der Waals surface area (Å²) in [5.74, 6) is 0. The highest BCUT2D eigenvalue weighted by molar-refractivity contribution is 7.81. The third-order valence-corrected chi connectivity index (χ3v) is 23.1. The fourth-order valence-corrected chi connectivity index (χ4v) is 15.5. The van der Waals surface area contributed by atoms with Crippen molar-refractivity contribution in [3.63, 3.8) is 0 Å². The normalized spacial score (nSPS) is 14.0. The van der Waals surface area contributed by atoms with Crippen LogP contribution in [0, 0.1) is 0 Å². The molecule has 10 aromatic rings. The molecule has 54 nitrogen and oxygen atoms in total. The van der Waals surface area contributed by atoms with Crippen molar-refractivity contribution in [2.75, 3.05) is 105 Å².